The van der Waals surface area contributed by atoms with Crippen molar-refractivity contribution in [1.82, 2.24) is 5.32 Å². The van der Waals surface area contributed by atoms with Crippen LogP contribution in [-0.2, 0) is 16.6 Å². The molecule has 3 aromatic carbocycles. The van der Waals surface area contributed by atoms with E-state index in [1.807, 2.05) is 30.3 Å². The number of nitrogens with one attached hydrogen (secondary N) is 1. The van der Waals surface area contributed by atoms with E-state index in [0.717, 1.165) is 5.56 Å². The summed E-state index contributed by atoms with van der Waals surface area (Å²) in [6.07, 6.45) is 0. The highest BCUT2D eigenvalue weighted by molar-refractivity contribution is 9.10. The molecule has 0 atom stereocenters. The summed E-state index contributed by atoms with van der Waals surface area (Å²) >= 11 is 3.34. The van der Waals surface area contributed by atoms with Crippen molar-refractivity contribution < 1.29 is 12.8 Å². The van der Waals surface area contributed by atoms with Crippen LogP contribution in [-0.4, -0.2) is 15.5 Å². The van der Waals surface area contributed by atoms with E-state index in [2.05, 4.69) is 21.2 Å². The second-order valence-electron chi connectivity index (χ2n) is 6.04. The maximum Gasteiger partial charge on any atom is 0.238 e. The maximum absolute atomic E-state index is 15.5. The zero-order chi connectivity index (χ0) is 19.6. The second kappa shape index (κ2) is 7.90. The van der Waals surface area contributed by atoms with Crippen LogP contribution < -0.4 is 10.5 Å². The van der Waals surface area contributed by atoms with Gasteiger partial charge >= 0.3 is 0 Å². The number of rotatable bonds is 5. The van der Waals surface area contributed by atoms with E-state index in [4.69, 9.17) is 5.14 Å². The Kier molecular flexibility index (Phi) is 5.76. The molecule has 0 unspecified atom stereocenters. The van der Waals surface area contributed by atoms with Crippen LogP contribution in [0.4, 0.5) is 4.39 Å². The molecule has 0 heterocycles. The van der Waals surface area contributed by atoms with Crippen LogP contribution in [0.3, 0.4) is 0 Å². The van der Waals surface area contributed by atoms with Crippen molar-refractivity contribution in [1.29, 1.82) is 0 Å². The second-order valence-corrected chi connectivity index (χ2v) is 8.49. The molecule has 3 rings (SSSR count). The van der Waals surface area contributed by atoms with Crippen molar-refractivity contribution >= 4 is 26.0 Å². The third-order valence-electron chi connectivity index (χ3n) is 4.19. The first-order valence-corrected chi connectivity index (χ1v) is 10.5. The molecule has 0 spiro atoms. The van der Waals surface area contributed by atoms with Crippen molar-refractivity contribution in [3.63, 3.8) is 0 Å². The SMILES string of the molecule is CNCc1ccc(-c2ccccc2)c(-c2cc(Br)ccc2S(N)(=O)=O)c1F. The maximum atomic E-state index is 15.5. The van der Waals surface area contributed by atoms with Crippen LogP contribution in [0.15, 0.2) is 70.0 Å². The van der Waals surface area contributed by atoms with E-state index < -0.39 is 15.8 Å². The Hall–Kier alpha value is -2.06. The number of nitrogens with two attached hydrogens (primary N) is 1. The first kappa shape index (κ1) is 19.7. The Morgan fingerprint density at radius 1 is 1.04 bits per heavy atom. The standard InChI is InChI=1S/C20H18BrFN2O2S/c1-24-12-14-7-9-16(13-5-3-2-4-6-13)19(20(14)22)17-11-15(21)8-10-18(17)27(23,25)26/h2-11,24H,12H2,1H3,(H2,23,25,26). The van der Waals surface area contributed by atoms with Crippen molar-refractivity contribution in [2.24, 2.45) is 5.14 Å². The fourth-order valence-electron chi connectivity index (χ4n) is 3.01. The topological polar surface area (TPSA) is 72.2 Å². The molecule has 7 heteroatoms. The first-order valence-electron chi connectivity index (χ1n) is 8.17. The van der Waals surface area contributed by atoms with Gasteiger partial charge in [0.15, 0.2) is 0 Å². The van der Waals surface area contributed by atoms with E-state index in [9.17, 15) is 8.42 Å². The van der Waals surface area contributed by atoms with E-state index >= 15 is 4.39 Å². The highest BCUT2D eigenvalue weighted by Crippen LogP contribution is 2.39. The average Bonchev–Trinajstić information content (AvgIpc) is 2.63. The van der Waals surface area contributed by atoms with Crippen LogP contribution in [0.25, 0.3) is 22.3 Å². The monoisotopic (exact) mass is 448 g/mol. The molecule has 0 fully saturated rings. The quantitative estimate of drug-likeness (QED) is 0.611. The molecule has 0 radical (unpaired) electrons. The fraction of sp³-hybridized carbons (Fsp3) is 0.100. The molecular formula is C20H18BrFN2O2S. The molecule has 0 saturated carbocycles. The van der Waals surface area contributed by atoms with Gasteiger partial charge < -0.3 is 5.32 Å². The molecule has 0 aliphatic rings. The number of primary sulfonamides is 1. The fourth-order valence-corrected chi connectivity index (χ4v) is 4.10. The number of halogens is 2. The van der Waals surface area contributed by atoms with Crippen molar-refractivity contribution in [3.05, 3.63) is 76.5 Å². The summed E-state index contributed by atoms with van der Waals surface area (Å²) in [5, 5.41) is 8.33. The van der Waals surface area contributed by atoms with Crippen molar-refractivity contribution in [3.8, 4) is 22.3 Å². The summed E-state index contributed by atoms with van der Waals surface area (Å²) in [5.74, 6) is -0.478. The van der Waals surface area contributed by atoms with Crippen LogP contribution in [0.2, 0.25) is 0 Å². The van der Waals surface area contributed by atoms with Gasteiger partial charge in [-0.3, -0.25) is 0 Å². The lowest BCUT2D eigenvalue weighted by Crippen LogP contribution is -2.14. The third-order valence-corrected chi connectivity index (χ3v) is 5.65. The minimum atomic E-state index is -4.04. The van der Waals surface area contributed by atoms with Gasteiger partial charge in [0.2, 0.25) is 10.0 Å². The van der Waals surface area contributed by atoms with Gasteiger partial charge in [0.05, 0.1) is 4.90 Å². The highest BCUT2D eigenvalue weighted by atomic mass is 79.9. The average molecular weight is 449 g/mol. The number of hydrogen-bond acceptors (Lipinski definition) is 3. The Morgan fingerprint density at radius 2 is 1.74 bits per heavy atom. The van der Waals surface area contributed by atoms with Gasteiger partial charge in [0, 0.05) is 27.7 Å². The summed E-state index contributed by atoms with van der Waals surface area (Å²) in [6, 6.07) is 17.3. The van der Waals surface area contributed by atoms with E-state index in [1.165, 1.54) is 6.07 Å². The summed E-state index contributed by atoms with van der Waals surface area (Å²) in [4.78, 5) is -0.122. The van der Waals surface area contributed by atoms with Gasteiger partial charge in [-0.1, -0.05) is 58.4 Å². The number of sulfonamides is 1. The lowest BCUT2D eigenvalue weighted by Gasteiger charge is -2.17. The van der Waals surface area contributed by atoms with Crippen LogP contribution >= 0.6 is 15.9 Å². The molecule has 4 nitrogen and oxygen atoms in total. The minimum Gasteiger partial charge on any atom is -0.316 e. The largest absolute Gasteiger partial charge is 0.316 e. The molecule has 0 aliphatic heterocycles. The molecule has 0 aliphatic carbocycles. The van der Waals surface area contributed by atoms with Gasteiger partial charge in [0.25, 0.3) is 0 Å². The smallest absolute Gasteiger partial charge is 0.238 e. The summed E-state index contributed by atoms with van der Waals surface area (Å²) in [7, 11) is -2.32. The third kappa shape index (κ3) is 4.11. The molecular weight excluding hydrogens is 431 g/mol. The predicted molar refractivity (Wildman–Crippen MR) is 109 cm³/mol. The van der Waals surface area contributed by atoms with Gasteiger partial charge in [-0.2, -0.15) is 0 Å². The molecule has 0 bridgehead atoms. The van der Waals surface area contributed by atoms with Crippen LogP contribution in [0.1, 0.15) is 5.56 Å². The van der Waals surface area contributed by atoms with Crippen LogP contribution in [0.5, 0.6) is 0 Å². The molecule has 140 valence electrons. The molecule has 0 amide bonds. The molecule has 27 heavy (non-hydrogen) atoms. The summed E-state index contributed by atoms with van der Waals surface area (Å²) < 4.78 is 40.4. The van der Waals surface area contributed by atoms with Gasteiger partial charge in [-0.25, -0.2) is 17.9 Å². The molecule has 0 saturated heterocycles. The first-order chi connectivity index (χ1) is 12.8. The zero-order valence-corrected chi connectivity index (χ0v) is 16.9. The van der Waals surface area contributed by atoms with E-state index in [0.29, 0.717) is 22.1 Å². The summed E-state index contributed by atoms with van der Waals surface area (Å²) in [6.45, 7) is 0.312. The molecule has 0 aromatic heterocycles. The number of benzene rings is 3. The number of hydrogen-bond donors (Lipinski definition) is 2. The lowest BCUT2D eigenvalue weighted by molar-refractivity contribution is 0.597. The zero-order valence-electron chi connectivity index (χ0n) is 14.5. The highest BCUT2D eigenvalue weighted by Gasteiger charge is 2.23. The Labute approximate surface area is 166 Å². The van der Waals surface area contributed by atoms with Gasteiger partial charge in [-0.05, 0) is 36.4 Å². The Morgan fingerprint density at radius 3 is 2.37 bits per heavy atom. The van der Waals surface area contributed by atoms with E-state index in [-0.39, 0.29) is 16.0 Å². The predicted octanol–water partition coefficient (Wildman–Crippen LogP) is 4.29. The molecule has 3 N–H and O–H groups in total. The Bertz CT molecular complexity index is 1090. The van der Waals surface area contributed by atoms with E-state index in [1.54, 1.807) is 31.3 Å². The minimum absolute atomic E-state index is 0.122. The molecule has 3 aromatic rings. The van der Waals surface area contributed by atoms with Crippen LogP contribution in [0, 0.1) is 5.82 Å². The van der Waals surface area contributed by atoms with Crippen molar-refractivity contribution in [2.45, 2.75) is 11.4 Å². The lowest BCUT2D eigenvalue weighted by atomic mass is 9.92. The Balaban J connectivity index is 2.41. The summed E-state index contributed by atoms with van der Waals surface area (Å²) in [5.41, 5.74) is 2.24. The van der Waals surface area contributed by atoms with Crippen molar-refractivity contribution in [2.75, 3.05) is 7.05 Å². The van der Waals surface area contributed by atoms with Gasteiger partial charge in [-0.15, -0.1) is 0 Å². The van der Waals surface area contributed by atoms with Gasteiger partial charge in [0.1, 0.15) is 5.82 Å². The normalized spacial score (nSPS) is 11.6.